The summed E-state index contributed by atoms with van der Waals surface area (Å²) in [6.45, 7) is 1.56. The Kier molecular flexibility index (Phi) is 7.69. The molecule has 1 aliphatic heterocycles. The van der Waals surface area contributed by atoms with E-state index >= 15 is 0 Å². The molecule has 0 bridgehead atoms. The summed E-state index contributed by atoms with van der Waals surface area (Å²) in [4.78, 5) is 26.5. The van der Waals surface area contributed by atoms with E-state index in [1.54, 1.807) is 19.1 Å². The summed E-state index contributed by atoms with van der Waals surface area (Å²) in [5.41, 5.74) is 0. The van der Waals surface area contributed by atoms with E-state index in [9.17, 15) is 9.59 Å². The van der Waals surface area contributed by atoms with Crippen molar-refractivity contribution < 1.29 is 23.8 Å². The Morgan fingerprint density at radius 3 is 2.56 bits per heavy atom. The lowest BCUT2D eigenvalue weighted by Gasteiger charge is -2.23. The van der Waals surface area contributed by atoms with Gasteiger partial charge in [-0.15, -0.1) is 0 Å². The first-order valence-corrected chi connectivity index (χ1v) is 8.42. The van der Waals surface area contributed by atoms with Crippen molar-refractivity contribution in [1.29, 1.82) is 0 Å². The van der Waals surface area contributed by atoms with Gasteiger partial charge in [-0.25, -0.2) is 0 Å². The van der Waals surface area contributed by atoms with Crippen LogP contribution >= 0.6 is 0 Å². The van der Waals surface area contributed by atoms with Crippen molar-refractivity contribution in [3.05, 3.63) is 30.3 Å². The fourth-order valence-corrected chi connectivity index (χ4v) is 2.83. The maximum Gasteiger partial charge on any atom is 0.243 e. The molecule has 1 saturated heterocycles. The molecule has 0 aromatic heterocycles. The molecular weight excluding hydrogens is 324 g/mol. The van der Waals surface area contributed by atoms with Crippen molar-refractivity contribution in [1.82, 2.24) is 10.2 Å². The van der Waals surface area contributed by atoms with Gasteiger partial charge in [0.15, 0.2) is 0 Å². The van der Waals surface area contributed by atoms with E-state index < -0.39 is 6.04 Å². The smallest absolute Gasteiger partial charge is 0.243 e. The third-order valence-corrected chi connectivity index (χ3v) is 4.06. The van der Waals surface area contributed by atoms with Crippen molar-refractivity contribution in [3.63, 3.8) is 0 Å². The van der Waals surface area contributed by atoms with E-state index in [0.717, 1.165) is 5.75 Å². The van der Waals surface area contributed by atoms with Crippen LogP contribution in [0.5, 0.6) is 5.75 Å². The molecule has 0 spiro atoms. The fraction of sp³-hybridized carbons (Fsp3) is 0.556. The second-order valence-corrected chi connectivity index (χ2v) is 5.88. The number of para-hydroxylation sites is 1. The van der Waals surface area contributed by atoms with Crippen molar-refractivity contribution in [2.75, 3.05) is 40.5 Å². The van der Waals surface area contributed by atoms with E-state index in [4.69, 9.17) is 14.2 Å². The lowest BCUT2D eigenvalue weighted by atomic mass is 10.1. The number of carbonyl (C=O) groups is 2. The van der Waals surface area contributed by atoms with Crippen LogP contribution in [0.3, 0.4) is 0 Å². The monoisotopic (exact) mass is 350 g/mol. The van der Waals surface area contributed by atoms with E-state index in [2.05, 4.69) is 5.32 Å². The van der Waals surface area contributed by atoms with Gasteiger partial charge in [0, 0.05) is 27.2 Å². The number of hydrogen-bond acceptors (Lipinski definition) is 5. The van der Waals surface area contributed by atoms with E-state index in [0.29, 0.717) is 32.7 Å². The molecule has 1 N–H and O–H groups in total. The minimum absolute atomic E-state index is 0.104. The first-order valence-electron chi connectivity index (χ1n) is 8.42. The van der Waals surface area contributed by atoms with Crippen LogP contribution in [-0.2, 0) is 19.1 Å². The highest BCUT2D eigenvalue weighted by Gasteiger charge is 2.40. The molecular formula is C18H26N2O5. The molecule has 1 aromatic carbocycles. The normalized spacial score (nSPS) is 19.7. The number of amides is 2. The van der Waals surface area contributed by atoms with E-state index in [-0.39, 0.29) is 24.3 Å². The summed E-state index contributed by atoms with van der Waals surface area (Å²) in [6, 6.07) is 8.89. The van der Waals surface area contributed by atoms with Gasteiger partial charge in [-0.05, 0) is 12.1 Å². The zero-order valence-electron chi connectivity index (χ0n) is 14.8. The van der Waals surface area contributed by atoms with Crippen LogP contribution < -0.4 is 10.1 Å². The lowest BCUT2D eigenvalue weighted by molar-refractivity contribution is -0.139. The summed E-state index contributed by atoms with van der Waals surface area (Å²) in [5.74, 6) is 0.451. The molecule has 0 radical (unpaired) electrons. The van der Waals surface area contributed by atoms with Crippen LogP contribution in [0.1, 0.15) is 12.8 Å². The molecule has 1 aliphatic rings. The Bertz CT molecular complexity index is 552. The third kappa shape index (κ3) is 5.72. The minimum Gasteiger partial charge on any atom is -0.488 e. The molecule has 7 heteroatoms. The molecule has 2 rings (SSSR count). The van der Waals surface area contributed by atoms with Crippen LogP contribution in [-0.4, -0.2) is 69.4 Å². The number of ether oxygens (including phenoxy) is 3. The largest absolute Gasteiger partial charge is 0.488 e. The van der Waals surface area contributed by atoms with Crippen LogP contribution in [0.4, 0.5) is 0 Å². The number of methoxy groups -OCH3 is 2. The quantitative estimate of drug-likeness (QED) is 0.668. The summed E-state index contributed by atoms with van der Waals surface area (Å²) < 4.78 is 15.9. The molecule has 7 nitrogen and oxygen atoms in total. The standard InChI is InChI=1S/C18H26N2O5/c1-23-10-8-17(21)20-13-15(25-14-6-4-3-5-7-14)12-16(20)18(22)19-9-11-24-2/h3-7,15-16H,8-13H2,1-2H3,(H,19,22)/t15-,16-/m0/s1. The van der Waals surface area contributed by atoms with Gasteiger partial charge in [0.1, 0.15) is 17.9 Å². The maximum absolute atomic E-state index is 12.5. The van der Waals surface area contributed by atoms with Gasteiger partial charge < -0.3 is 24.4 Å². The highest BCUT2D eigenvalue weighted by molar-refractivity contribution is 5.88. The molecule has 0 unspecified atom stereocenters. The first kappa shape index (κ1) is 19.2. The number of nitrogens with zero attached hydrogens (tertiary/aromatic N) is 1. The molecule has 0 aliphatic carbocycles. The minimum atomic E-state index is -0.532. The average Bonchev–Trinajstić information content (AvgIpc) is 3.04. The van der Waals surface area contributed by atoms with Gasteiger partial charge in [-0.2, -0.15) is 0 Å². The van der Waals surface area contributed by atoms with Crippen LogP contribution in [0.25, 0.3) is 0 Å². The SMILES string of the molecule is COCCNC(=O)[C@@H]1C[C@H](Oc2ccccc2)CN1C(=O)CCOC. The van der Waals surface area contributed by atoms with Crippen LogP contribution in [0.15, 0.2) is 30.3 Å². The van der Waals surface area contributed by atoms with Gasteiger partial charge in [-0.3, -0.25) is 9.59 Å². The molecule has 2 atom stereocenters. The second-order valence-electron chi connectivity index (χ2n) is 5.88. The Labute approximate surface area is 148 Å². The third-order valence-electron chi connectivity index (χ3n) is 4.06. The van der Waals surface area contributed by atoms with Crippen molar-refractivity contribution in [3.8, 4) is 5.75 Å². The van der Waals surface area contributed by atoms with Gasteiger partial charge >= 0.3 is 0 Å². The topological polar surface area (TPSA) is 77.1 Å². The van der Waals surface area contributed by atoms with Gasteiger partial charge in [0.25, 0.3) is 0 Å². The fourth-order valence-electron chi connectivity index (χ4n) is 2.83. The number of hydrogen-bond donors (Lipinski definition) is 1. The summed E-state index contributed by atoms with van der Waals surface area (Å²) in [5, 5.41) is 2.81. The molecule has 1 aromatic rings. The highest BCUT2D eigenvalue weighted by Crippen LogP contribution is 2.24. The Hall–Kier alpha value is -2.12. The van der Waals surface area contributed by atoms with Crippen molar-refractivity contribution >= 4 is 11.8 Å². The average molecular weight is 350 g/mol. The Morgan fingerprint density at radius 1 is 1.16 bits per heavy atom. The zero-order chi connectivity index (χ0) is 18.1. The van der Waals surface area contributed by atoms with E-state index in [1.807, 2.05) is 30.3 Å². The number of rotatable bonds is 9. The predicted molar refractivity (Wildman–Crippen MR) is 92.4 cm³/mol. The predicted octanol–water partition coefficient (Wildman–Crippen LogP) is 0.834. The Morgan fingerprint density at radius 2 is 1.88 bits per heavy atom. The van der Waals surface area contributed by atoms with Gasteiger partial charge in [-0.1, -0.05) is 18.2 Å². The van der Waals surface area contributed by atoms with Crippen molar-refractivity contribution in [2.45, 2.75) is 25.0 Å². The zero-order valence-corrected chi connectivity index (χ0v) is 14.8. The number of benzene rings is 1. The number of nitrogens with one attached hydrogen (secondary N) is 1. The first-order chi connectivity index (χ1) is 12.2. The lowest BCUT2D eigenvalue weighted by Crippen LogP contribution is -2.46. The van der Waals surface area contributed by atoms with Gasteiger partial charge in [0.2, 0.25) is 11.8 Å². The molecule has 25 heavy (non-hydrogen) atoms. The van der Waals surface area contributed by atoms with Crippen LogP contribution in [0, 0.1) is 0 Å². The van der Waals surface area contributed by atoms with Gasteiger partial charge in [0.05, 0.1) is 26.2 Å². The molecule has 1 heterocycles. The number of likely N-dealkylation sites (tertiary alicyclic amines) is 1. The molecule has 0 saturated carbocycles. The van der Waals surface area contributed by atoms with Crippen molar-refractivity contribution in [2.24, 2.45) is 0 Å². The molecule has 138 valence electrons. The summed E-state index contributed by atoms with van der Waals surface area (Å²) in [7, 11) is 3.12. The van der Waals surface area contributed by atoms with E-state index in [1.165, 1.54) is 0 Å². The number of carbonyl (C=O) groups excluding carboxylic acids is 2. The second kappa shape index (κ2) is 10.0. The molecule has 2 amide bonds. The Balaban J connectivity index is 2.01. The van der Waals surface area contributed by atoms with Crippen LogP contribution in [0.2, 0.25) is 0 Å². The highest BCUT2D eigenvalue weighted by atomic mass is 16.5. The summed E-state index contributed by atoms with van der Waals surface area (Å²) in [6.07, 6.45) is 0.495. The maximum atomic E-state index is 12.5. The molecule has 1 fully saturated rings. The summed E-state index contributed by atoms with van der Waals surface area (Å²) >= 11 is 0.